The van der Waals surface area contributed by atoms with Gasteiger partial charge in [0, 0.05) is 0 Å². The van der Waals surface area contributed by atoms with Crippen molar-refractivity contribution in [3.05, 3.63) is 65.0 Å². The zero-order valence-electron chi connectivity index (χ0n) is 19.6. The van der Waals surface area contributed by atoms with Gasteiger partial charge in [0.05, 0.1) is 12.2 Å². The molecule has 0 spiro atoms. The molecule has 0 saturated heterocycles. The molecule has 7 heteroatoms. The number of ether oxygens (including phenoxy) is 2. The molecule has 2 aromatic carbocycles. The first-order valence-electron chi connectivity index (χ1n) is 12.1. The number of benzene rings is 2. The molecule has 0 bridgehead atoms. The molecule has 2 nitrogen and oxygen atoms in total. The van der Waals surface area contributed by atoms with Gasteiger partial charge in [0.25, 0.3) is 0 Å². The van der Waals surface area contributed by atoms with Crippen molar-refractivity contribution in [2.45, 2.75) is 83.3 Å². The largest absolute Gasteiger partial charge is 0.432 e. The Bertz CT molecular complexity index is 877. The fraction of sp³-hybridized carbons (Fsp3) is 0.556. The van der Waals surface area contributed by atoms with Crippen molar-refractivity contribution in [1.82, 2.24) is 0 Å². The molecule has 3 rings (SSSR count). The monoisotopic (exact) mass is 484 g/mol. The zero-order chi connectivity index (χ0) is 24.6. The number of halogens is 5. The van der Waals surface area contributed by atoms with Gasteiger partial charge in [0.1, 0.15) is 0 Å². The Labute approximate surface area is 198 Å². The highest BCUT2D eigenvalue weighted by Gasteiger charge is 2.33. The molecule has 1 fully saturated rings. The summed E-state index contributed by atoms with van der Waals surface area (Å²) in [4.78, 5) is 0. The molecule has 2 aromatic rings. The van der Waals surface area contributed by atoms with Gasteiger partial charge in [-0.25, -0.2) is 4.39 Å². The van der Waals surface area contributed by atoms with Crippen LogP contribution >= 0.6 is 0 Å². The predicted octanol–water partition coefficient (Wildman–Crippen LogP) is 8.59. The van der Waals surface area contributed by atoms with E-state index in [4.69, 9.17) is 4.74 Å². The van der Waals surface area contributed by atoms with Crippen LogP contribution in [0.5, 0.6) is 5.75 Å². The molecule has 34 heavy (non-hydrogen) atoms. The Morgan fingerprint density at radius 1 is 0.971 bits per heavy atom. The molecule has 0 atom stereocenters. The molecular weight excluding hydrogens is 451 g/mol. The lowest BCUT2D eigenvalue weighted by atomic mass is 9.77. The van der Waals surface area contributed by atoms with Crippen molar-refractivity contribution in [1.29, 1.82) is 0 Å². The van der Waals surface area contributed by atoms with Gasteiger partial charge in [-0.15, -0.1) is 0 Å². The van der Waals surface area contributed by atoms with E-state index < -0.39 is 24.3 Å². The van der Waals surface area contributed by atoms with E-state index in [2.05, 4.69) is 11.7 Å². The van der Waals surface area contributed by atoms with Crippen LogP contribution in [0.4, 0.5) is 22.0 Å². The minimum absolute atomic E-state index is 0.00104. The molecule has 1 saturated carbocycles. The normalized spacial score (nSPS) is 18.9. The SMILES string of the molecule is CCCCC[C@H]1CC[C@H](c2ccc(C(F)(F)OCCc3ccc(OC(F)F)c(F)c3)cc2)CC1. The maximum absolute atomic E-state index is 14.5. The van der Waals surface area contributed by atoms with Crippen LogP contribution in [-0.4, -0.2) is 13.2 Å². The molecule has 0 radical (unpaired) electrons. The Balaban J connectivity index is 1.48. The van der Waals surface area contributed by atoms with Gasteiger partial charge in [-0.05, 0) is 67.2 Å². The Hall–Kier alpha value is -2.15. The van der Waals surface area contributed by atoms with Crippen LogP contribution in [0.25, 0.3) is 0 Å². The highest BCUT2D eigenvalue weighted by molar-refractivity contribution is 5.30. The third-order valence-corrected chi connectivity index (χ3v) is 6.67. The quantitative estimate of drug-likeness (QED) is 0.222. The summed E-state index contributed by atoms with van der Waals surface area (Å²) < 4.78 is 76.0. The molecule has 1 aliphatic rings. The van der Waals surface area contributed by atoms with Crippen LogP contribution < -0.4 is 4.74 Å². The van der Waals surface area contributed by atoms with E-state index in [1.807, 2.05) is 0 Å². The minimum Gasteiger partial charge on any atom is -0.432 e. The summed E-state index contributed by atoms with van der Waals surface area (Å²) >= 11 is 0. The summed E-state index contributed by atoms with van der Waals surface area (Å²) in [6, 6.07) is 9.74. The first kappa shape index (κ1) is 26.5. The number of unbranched alkanes of at least 4 members (excludes halogenated alkanes) is 2. The van der Waals surface area contributed by atoms with Crippen LogP contribution in [-0.2, 0) is 17.3 Å². The highest BCUT2D eigenvalue weighted by atomic mass is 19.3. The molecule has 1 aliphatic carbocycles. The van der Waals surface area contributed by atoms with Gasteiger partial charge in [0.2, 0.25) is 0 Å². The highest BCUT2D eigenvalue weighted by Crippen LogP contribution is 2.39. The molecule has 0 aliphatic heterocycles. The van der Waals surface area contributed by atoms with Crippen molar-refractivity contribution in [2.75, 3.05) is 6.61 Å². The maximum Gasteiger partial charge on any atom is 0.387 e. The summed E-state index contributed by atoms with van der Waals surface area (Å²) in [5.74, 6) is -0.357. The van der Waals surface area contributed by atoms with Crippen molar-refractivity contribution in [2.24, 2.45) is 5.92 Å². The second-order valence-corrected chi connectivity index (χ2v) is 9.09. The second kappa shape index (κ2) is 12.5. The Morgan fingerprint density at radius 3 is 2.29 bits per heavy atom. The number of alkyl halides is 4. The summed E-state index contributed by atoms with van der Waals surface area (Å²) in [7, 11) is 0. The fourth-order valence-electron chi connectivity index (χ4n) is 4.69. The van der Waals surface area contributed by atoms with Gasteiger partial charge in [-0.1, -0.05) is 62.9 Å². The van der Waals surface area contributed by atoms with Crippen LogP contribution in [0.3, 0.4) is 0 Å². The van der Waals surface area contributed by atoms with E-state index in [-0.39, 0.29) is 18.6 Å². The zero-order valence-corrected chi connectivity index (χ0v) is 19.6. The molecule has 0 N–H and O–H groups in total. The standard InChI is InChI=1S/C27H33F5O2/c1-2-3-4-5-19-6-9-21(10-7-19)22-11-13-23(14-12-22)27(31,32)33-17-16-20-8-15-25(24(28)18-20)34-26(29)30/h8,11-15,18-19,21,26H,2-7,9-10,16-17H2,1H3/t19-,21-. The summed E-state index contributed by atoms with van der Waals surface area (Å²) in [6.45, 7) is -1.28. The molecular formula is C27H33F5O2. The average Bonchev–Trinajstić information content (AvgIpc) is 2.81. The summed E-state index contributed by atoms with van der Waals surface area (Å²) in [5.41, 5.74) is 1.21. The maximum atomic E-state index is 14.5. The van der Waals surface area contributed by atoms with Crippen molar-refractivity contribution in [3.8, 4) is 5.75 Å². The Kier molecular flexibility index (Phi) is 9.74. The third kappa shape index (κ3) is 7.69. The minimum atomic E-state index is -3.48. The number of rotatable bonds is 12. The first-order chi connectivity index (χ1) is 16.3. The fourth-order valence-corrected chi connectivity index (χ4v) is 4.69. The van der Waals surface area contributed by atoms with E-state index in [1.54, 1.807) is 12.1 Å². The van der Waals surface area contributed by atoms with Crippen LogP contribution in [0.2, 0.25) is 0 Å². The average molecular weight is 485 g/mol. The van der Waals surface area contributed by atoms with Crippen molar-refractivity contribution < 1.29 is 31.4 Å². The summed E-state index contributed by atoms with van der Waals surface area (Å²) in [6.07, 6.45) is 6.23. The number of hydrogen-bond acceptors (Lipinski definition) is 2. The predicted molar refractivity (Wildman–Crippen MR) is 122 cm³/mol. The van der Waals surface area contributed by atoms with E-state index >= 15 is 0 Å². The molecule has 0 aromatic heterocycles. The smallest absolute Gasteiger partial charge is 0.387 e. The molecule has 0 amide bonds. The van der Waals surface area contributed by atoms with Crippen LogP contribution in [0, 0.1) is 11.7 Å². The van der Waals surface area contributed by atoms with E-state index in [1.165, 1.54) is 56.7 Å². The summed E-state index contributed by atoms with van der Waals surface area (Å²) in [5, 5.41) is 0. The van der Waals surface area contributed by atoms with Gasteiger partial charge >= 0.3 is 12.7 Å². The van der Waals surface area contributed by atoms with Gasteiger partial charge in [-0.3, -0.25) is 0 Å². The van der Waals surface area contributed by atoms with E-state index in [0.717, 1.165) is 36.5 Å². The second-order valence-electron chi connectivity index (χ2n) is 9.09. The first-order valence-corrected chi connectivity index (χ1v) is 12.1. The number of hydrogen-bond donors (Lipinski definition) is 0. The van der Waals surface area contributed by atoms with Gasteiger partial charge in [-0.2, -0.15) is 17.6 Å². The van der Waals surface area contributed by atoms with Gasteiger partial charge < -0.3 is 9.47 Å². The van der Waals surface area contributed by atoms with Crippen molar-refractivity contribution in [3.63, 3.8) is 0 Å². The molecule has 188 valence electrons. The third-order valence-electron chi connectivity index (χ3n) is 6.67. The molecule has 0 unspecified atom stereocenters. The van der Waals surface area contributed by atoms with Crippen LogP contribution in [0.15, 0.2) is 42.5 Å². The lowest BCUT2D eigenvalue weighted by Crippen LogP contribution is -2.20. The topological polar surface area (TPSA) is 18.5 Å². The van der Waals surface area contributed by atoms with E-state index in [9.17, 15) is 22.0 Å². The molecule has 0 heterocycles. The van der Waals surface area contributed by atoms with Gasteiger partial charge in [0.15, 0.2) is 11.6 Å². The van der Waals surface area contributed by atoms with E-state index in [0.29, 0.717) is 11.5 Å². The Morgan fingerprint density at radius 2 is 1.68 bits per heavy atom. The lowest BCUT2D eigenvalue weighted by Gasteiger charge is -2.29. The van der Waals surface area contributed by atoms with Crippen molar-refractivity contribution >= 4 is 0 Å². The van der Waals surface area contributed by atoms with Crippen LogP contribution in [0.1, 0.15) is 80.9 Å². The lowest BCUT2D eigenvalue weighted by molar-refractivity contribution is -0.248.